The Morgan fingerprint density at radius 2 is 2.10 bits per heavy atom. The minimum absolute atomic E-state index is 0.282. The first-order valence-electron chi connectivity index (χ1n) is 6.79. The van der Waals surface area contributed by atoms with Crippen LogP contribution in [0.15, 0.2) is 30.5 Å². The van der Waals surface area contributed by atoms with Crippen molar-refractivity contribution in [3.8, 4) is 0 Å². The topological polar surface area (TPSA) is 33.2 Å². The molecule has 1 aromatic heterocycles. The third-order valence-electron chi connectivity index (χ3n) is 3.68. The Labute approximate surface area is 121 Å². The van der Waals surface area contributed by atoms with Gasteiger partial charge in [-0.25, -0.2) is 9.37 Å². The first-order valence-corrected chi connectivity index (χ1v) is 6.79. The lowest BCUT2D eigenvalue weighted by atomic mass is 9.99. The van der Waals surface area contributed by atoms with Gasteiger partial charge in [-0.2, -0.15) is 4.39 Å². The lowest BCUT2D eigenvalue weighted by molar-refractivity contribution is 0.0980. The summed E-state index contributed by atoms with van der Waals surface area (Å²) in [6.07, 6.45) is 2.79. The molecule has 0 aliphatic carbocycles. The van der Waals surface area contributed by atoms with Crippen molar-refractivity contribution in [1.29, 1.82) is 0 Å². The number of hydrogen-bond donors (Lipinski definition) is 0. The highest BCUT2D eigenvalue weighted by molar-refractivity contribution is 6.06. The van der Waals surface area contributed by atoms with E-state index in [1.807, 2.05) is 25.1 Å². The second-order valence-corrected chi connectivity index (χ2v) is 5.16. The highest BCUT2D eigenvalue weighted by Gasteiger charge is 2.26. The number of benzene rings is 1. The fraction of sp³-hybridized carbons (Fsp3) is 0.250. The predicted molar refractivity (Wildman–Crippen MR) is 75.3 cm³/mol. The average molecular weight is 288 g/mol. The van der Waals surface area contributed by atoms with Crippen molar-refractivity contribution in [2.75, 3.05) is 11.4 Å². The third kappa shape index (κ3) is 2.39. The van der Waals surface area contributed by atoms with E-state index in [-0.39, 0.29) is 5.56 Å². The highest BCUT2D eigenvalue weighted by atomic mass is 19.2. The maximum absolute atomic E-state index is 13.8. The molecule has 0 unspecified atom stereocenters. The Bertz CT molecular complexity index is 715. The van der Waals surface area contributed by atoms with Gasteiger partial charge < -0.3 is 4.90 Å². The minimum Gasteiger partial charge on any atom is -0.308 e. The fourth-order valence-corrected chi connectivity index (χ4v) is 2.67. The van der Waals surface area contributed by atoms with Gasteiger partial charge in [-0.05, 0) is 37.5 Å². The number of amides is 1. The lowest BCUT2D eigenvalue weighted by Gasteiger charge is -2.30. The van der Waals surface area contributed by atoms with Crippen LogP contribution in [0.4, 0.5) is 14.5 Å². The van der Waals surface area contributed by atoms with Crippen molar-refractivity contribution in [3.63, 3.8) is 0 Å². The van der Waals surface area contributed by atoms with Gasteiger partial charge in [-0.3, -0.25) is 4.79 Å². The van der Waals surface area contributed by atoms with Crippen LogP contribution in [0, 0.1) is 18.7 Å². The van der Waals surface area contributed by atoms with E-state index in [1.54, 1.807) is 0 Å². The van der Waals surface area contributed by atoms with E-state index < -0.39 is 17.7 Å². The Balaban J connectivity index is 2.02. The van der Waals surface area contributed by atoms with Crippen molar-refractivity contribution in [3.05, 3.63) is 58.9 Å². The van der Waals surface area contributed by atoms with E-state index >= 15 is 0 Å². The summed E-state index contributed by atoms with van der Waals surface area (Å²) in [4.78, 5) is 17.2. The number of halogens is 2. The van der Waals surface area contributed by atoms with Crippen LogP contribution in [0.1, 0.15) is 27.9 Å². The molecule has 0 saturated heterocycles. The number of aromatic nitrogens is 1. The molecule has 0 bridgehead atoms. The second kappa shape index (κ2) is 5.24. The van der Waals surface area contributed by atoms with E-state index in [9.17, 15) is 13.6 Å². The Hall–Kier alpha value is -2.30. The van der Waals surface area contributed by atoms with E-state index in [1.165, 1.54) is 11.0 Å². The van der Waals surface area contributed by atoms with E-state index in [2.05, 4.69) is 4.98 Å². The molecule has 3 nitrogen and oxygen atoms in total. The molecule has 1 aromatic carbocycles. The molecule has 2 aromatic rings. The Kier molecular flexibility index (Phi) is 3.41. The molecule has 1 amide bonds. The monoisotopic (exact) mass is 288 g/mol. The molecule has 0 saturated carbocycles. The molecule has 108 valence electrons. The van der Waals surface area contributed by atoms with Crippen LogP contribution in [0.2, 0.25) is 0 Å². The first-order chi connectivity index (χ1) is 10.1. The summed E-state index contributed by atoms with van der Waals surface area (Å²) < 4.78 is 27.0. The van der Waals surface area contributed by atoms with Gasteiger partial charge in [0.05, 0.1) is 5.56 Å². The van der Waals surface area contributed by atoms with Gasteiger partial charge in [0.2, 0.25) is 5.95 Å². The summed E-state index contributed by atoms with van der Waals surface area (Å²) in [5.41, 5.74) is 2.66. The van der Waals surface area contributed by atoms with Gasteiger partial charge in [0.1, 0.15) is 0 Å². The summed E-state index contributed by atoms with van der Waals surface area (Å²) in [6, 6.07) is 7.01. The maximum Gasteiger partial charge on any atom is 0.261 e. The van der Waals surface area contributed by atoms with Crippen LogP contribution >= 0.6 is 0 Å². The van der Waals surface area contributed by atoms with E-state index in [0.717, 1.165) is 35.9 Å². The molecular weight excluding hydrogens is 274 g/mol. The van der Waals surface area contributed by atoms with Gasteiger partial charge in [0.15, 0.2) is 5.82 Å². The number of anilines is 1. The van der Waals surface area contributed by atoms with Crippen molar-refractivity contribution in [1.82, 2.24) is 4.98 Å². The number of hydrogen-bond acceptors (Lipinski definition) is 2. The predicted octanol–water partition coefficient (Wildman–Crippen LogP) is 3.26. The summed E-state index contributed by atoms with van der Waals surface area (Å²) in [7, 11) is 0. The molecule has 5 heteroatoms. The van der Waals surface area contributed by atoms with Crippen molar-refractivity contribution in [2.24, 2.45) is 0 Å². The maximum atomic E-state index is 13.8. The van der Waals surface area contributed by atoms with Gasteiger partial charge in [-0.1, -0.05) is 17.7 Å². The molecule has 1 aliphatic rings. The van der Waals surface area contributed by atoms with Gasteiger partial charge in [0.25, 0.3) is 5.91 Å². The zero-order valence-corrected chi connectivity index (χ0v) is 11.6. The minimum atomic E-state index is -1.25. The summed E-state index contributed by atoms with van der Waals surface area (Å²) in [5.74, 6) is -2.97. The third-order valence-corrected chi connectivity index (χ3v) is 3.68. The largest absolute Gasteiger partial charge is 0.308 e. The van der Waals surface area contributed by atoms with Gasteiger partial charge in [-0.15, -0.1) is 0 Å². The number of fused-ring (bicyclic) bond motifs is 1. The second-order valence-electron chi connectivity index (χ2n) is 5.16. The highest BCUT2D eigenvalue weighted by Crippen LogP contribution is 2.29. The fourth-order valence-electron chi connectivity index (χ4n) is 2.67. The number of carbonyl (C=O) groups is 1. The summed E-state index contributed by atoms with van der Waals surface area (Å²) in [5, 5.41) is 0. The van der Waals surface area contributed by atoms with Crippen LogP contribution in [-0.2, 0) is 6.42 Å². The lowest BCUT2D eigenvalue weighted by Crippen LogP contribution is -2.36. The number of pyridine rings is 1. The smallest absolute Gasteiger partial charge is 0.261 e. The average Bonchev–Trinajstić information content (AvgIpc) is 2.48. The summed E-state index contributed by atoms with van der Waals surface area (Å²) in [6.45, 7) is 2.48. The molecular formula is C16H14F2N2O. The molecule has 0 fully saturated rings. The van der Waals surface area contributed by atoms with Crippen LogP contribution in [0.3, 0.4) is 0 Å². The standard InChI is InChI=1S/C16H14F2N2O/c1-10-4-5-13-11(9-10)3-2-8-20(13)16(21)12-6-7-19-15(18)14(12)17/h4-7,9H,2-3,8H2,1H3. The van der Waals surface area contributed by atoms with Crippen LogP contribution in [0.25, 0.3) is 0 Å². The van der Waals surface area contributed by atoms with Crippen molar-refractivity contribution < 1.29 is 13.6 Å². The van der Waals surface area contributed by atoms with Gasteiger partial charge in [0, 0.05) is 18.4 Å². The molecule has 2 heterocycles. The summed E-state index contributed by atoms with van der Waals surface area (Å²) >= 11 is 0. The van der Waals surface area contributed by atoms with Crippen molar-refractivity contribution >= 4 is 11.6 Å². The van der Waals surface area contributed by atoms with Crippen LogP contribution < -0.4 is 4.90 Å². The number of aryl methyl sites for hydroxylation is 2. The molecule has 0 N–H and O–H groups in total. The van der Waals surface area contributed by atoms with Crippen molar-refractivity contribution in [2.45, 2.75) is 19.8 Å². The van der Waals surface area contributed by atoms with Crippen LogP contribution in [0.5, 0.6) is 0 Å². The molecule has 1 aliphatic heterocycles. The normalized spacial score (nSPS) is 14.0. The molecule has 3 rings (SSSR count). The zero-order chi connectivity index (χ0) is 15.0. The molecule has 0 spiro atoms. The molecule has 0 atom stereocenters. The number of nitrogens with zero attached hydrogens (tertiary/aromatic N) is 2. The Morgan fingerprint density at radius 3 is 2.90 bits per heavy atom. The quantitative estimate of drug-likeness (QED) is 0.755. The first kappa shape index (κ1) is 13.7. The molecule has 0 radical (unpaired) electrons. The van der Waals surface area contributed by atoms with Gasteiger partial charge >= 0.3 is 0 Å². The van der Waals surface area contributed by atoms with Crippen LogP contribution in [-0.4, -0.2) is 17.4 Å². The van der Waals surface area contributed by atoms with E-state index in [0.29, 0.717) is 6.54 Å². The number of rotatable bonds is 1. The van der Waals surface area contributed by atoms with E-state index in [4.69, 9.17) is 0 Å². The molecule has 21 heavy (non-hydrogen) atoms. The zero-order valence-electron chi connectivity index (χ0n) is 11.6. The Morgan fingerprint density at radius 1 is 1.29 bits per heavy atom. The number of carbonyl (C=O) groups excluding carboxylic acids is 1. The SMILES string of the molecule is Cc1ccc2c(c1)CCCN2C(=O)c1ccnc(F)c1F.